The molecule has 0 spiro atoms. The number of anilines is 2. The molecule has 1 atom stereocenters. The second kappa shape index (κ2) is 10.2. The van der Waals surface area contributed by atoms with Gasteiger partial charge in [0, 0.05) is 44.2 Å². The van der Waals surface area contributed by atoms with Crippen molar-refractivity contribution in [1.82, 2.24) is 14.7 Å². The standard InChI is InChI=1S/C23H31N5O2.CH2O2/c1-26-11-13-27(14-12-26)17-9-7-16(8-10-17)19-15-20(29)24-22-21(19)23(30)25-28(22)18-5-3-2-4-6-18;2-1-3/h7-10,18-19H,2-6,11-15H2,1H3,(H,24,29)(H,25,30);1H,(H,2,3). The first-order valence-electron chi connectivity index (χ1n) is 11.8. The molecular weight excluding hydrogens is 422 g/mol. The Balaban J connectivity index is 0.000000821. The van der Waals surface area contributed by atoms with Crippen LogP contribution in [0.5, 0.6) is 0 Å². The summed E-state index contributed by atoms with van der Waals surface area (Å²) >= 11 is 0. The molecule has 1 aromatic carbocycles. The lowest BCUT2D eigenvalue weighted by atomic mass is 9.87. The van der Waals surface area contributed by atoms with Crippen LogP contribution in [0.25, 0.3) is 0 Å². The van der Waals surface area contributed by atoms with Crippen LogP contribution in [0, 0.1) is 0 Å². The second-order valence-corrected chi connectivity index (χ2v) is 9.16. The second-order valence-electron chi connectivity index (χ2n) is 9.16. The van der Waals surface area contributed by atoms with Crippen LogP contribution in [0.4, 0.5) is 11.5 Å². The minimum atomic E-state index is -0.250. The lowest BCUT2D eigenvalue weighted by Gasteiger charge is -2.34. The smallest absolute Gasteiger partial charge is 0.290 e. The van der Waals surface area contributed by atoms with Gasteiger partial charge in [-0.1, -0.05) is 31.4 Å². The van der Waals surface area contributed by atoms with Gasteiger partial charge >= 0.3 is 0 Å². The lowest BCUT2D eigenvalue weighted by molar-refractivity contribution is -0.123. The van der Waals surface area contributed by atoms with Gasteiger partial charge in [0.25, 0.3) is 12.0 Å². The molecule has 1 saturated carbocycles. The fourth-order valence-corrected chi connectivity index (χ4v) is 5.26. The number of carbonyl (C=O) groups excluding carboxylic acids is 1. The molecule has 2 fully saturated rings. The summed E-state index contributed by atoms with van der Waals surface area (Å²) in [4.78, 5) is 38.6. The minimum Gasteiger partial charge on any atom is -0.483 e. The summed E-state index contributed by atoms with van der Waals surface area (Å²) in [5.41, 5.74) is 2.90. The van der Waals surface area contributed by atoms with Crippen LogP contribution >= 0.6 is 0 Å². The molecule has 0 radical (unpaired) electrons. The van der Waals surface area contributed by atoms with Crippen LogP contribution in [-0.4, -0.2) is 65.4 Å². The van der Waals surface area contributed by atoms with E-state index in [9.17, 15) is 9.59 Å². The van der Waals surface area contributed by atoms with Gasteiger partial charge in [-0.2, -0.15) is 0 Å². The summed E-state index contributed by atoms with van der Waals surface area (Å²) in [5.74, 6) is 0.486. The van der Waals surface area contributed by atoms with Gasteiger partial charge in [-0.3, -0.25) is 24.2 Å². The summed E-state index contributed by atoms with van der Waals surface area (Å²) < 4.78 is 1.94. The van der Waals surface area contributed by atoms with Crippen molar-refractivity contribution in [3.05, 3.63) is 45.7 Å². The van der Waals surface area contributed by atoms with Gasteiger partial charge in [0.15, 0.2) is 0 Å². The van der Waals surface area contributed by atoms with E-state index in [0.717, 1.165) is 44.6 Å². The number of amides is 1. The van der Waals surface area contributed by atoms with Crippen LogP contribution < -0.4 is 15.8 Å². The molecule has 2 aromatic rings. The monoisotopic (exact) mass is 455 g/mol. The minimum absolute atomic E-state index is 0.0146. The molecular formula is C24H33N5O4. The first-order chi connectivity index (χ1) is 16.0. The highest BCUT2D eigenvalue weighted by Crippen LogP contribution is 2.38. The first-order valence-corrected chi connectivity index (χ1v) is 11.8. The molecule has 2 aliphatic heterocycles. The number of carbonyl (C=O) groups is 2. The maximum absolute atomic E-state index is 12.9. The van der Waals surface area contributed by atoms with Crippen LogP contribution in [0.3, 0.4) is 0 Å². The number of aromatic nitrogens is 2. The number of aromatic amines is 1. The van der Waals surface area contributed by atoms with Crippen molar-refractivity contribution in [3.8, 4) is 0 Å². The third-order valence-electron chi connectivity index (χ3n) is 7.06. The molecule has 33 heavy (non-hydrogen) atoms. The van der Waals surface area contributed by atoms with Crippen molar-refractivity contribution in [3.63, 3.8) is 0 Å². The molecule has 9 heteroatoms. The molecule has 1 aliphatic carbocycles. The van der Waals surface area contributed by atoms with E-state index in [0.29, 0.717) is 17.8 Å². The summed E-state index contributed by atoms with van der Waals surface area (Å²) in [6.45, 7) is 3.93. The Kier molecular flexibility index (Phi) is 7.17. The maximum Gasteiger partial charge on any atom is 0.290 e. The van der Waals surface area contributed by atoms with Gasteiger partial charge in [-0.15, -0.1) is 0 Å². The molecule has 178 valence electrons. The zero-order chi connectivity index (χ0) is 23.4. The average Bonchev–Trinajstić information content (AvgIpc) is 3.16. The van der Waals surface area contributed by atoms with Gasteiger partial charge in [-0.05, 0) is 37.6 Å². The number of nitrogens with zero attached hydrogens (tertiary/aromatic N) is 3. The van der Waals surface area contributed by atoms with E-state index in [1.807, 2.05) is 4.68 Å². The zero-order valence-corrected chi connectivity index (χ0v) is 19.1. The number of piperazine rings is 1. The first kappa shape index (κ1) is 23.1. The van der Waals surface area contributed by atoms with Gasteiger partial charge < -0.3 is 20.2 Å². The highest BCUT2D eigenvalue weighted by atomic mass is 16.3. The molecule has 9 nitrogen and oxygen atoms in total. The molecule has 1 aromatic heterocycles. The number of rotatable bonds is 3. The highest BCUT2D eigenvalue weighted by molar-refractivity contribution is 5.94. The van der Waals surface area contributed by atoms with Gasteiger partial charge in [0.2, 0.25) is 5.91 Å². The van der Waals surface area contributed by atoms with Crippen molar-refractivity contribution in [2.45, 2.75) is 50.5 Å². The maximum atomic E-state index is 12.9. The Labute approximate surface area is 193 Å². The number of likely N-dealkylation sites (N-methyl/N-ethyl adjacent to an activating group) is 1. The molecule has 1 unspecified atom stereocenters. The molecule has 1 saturated heterocycles. The molecule has 5 rings (SSSR count). The summed E-state index contributed by atoms with van der Waals surface area (Å²) in [6.07, 6.45) is 6.02. The van der Waals surface area contributed by atoms with Gasteiger partial charge in [0.1, 0.15) is 5.82 Å². The van der Waals surface area contributed by atoms with E-state index in [1.54, 1.807) is 0 Å². The van der Waals surface area contributed by atoms with Gasteiger partial charge in [-0.25, -0.2) is 0 Å². The number of H-pyrrole nitrogens is 1. The third kappa shape index (κ3) is 4.98. The van der Waals surface area contributed by atoms with Crippen molar-refractivity contribution in [2.24, 2.45) is 0 Å². The van der Waals surface area contributed by atoms with E-state index in [-0.39, 0.29) is 29.9 Å². The van der Waals surface area contributed by atoms with Crippen LogP contribution in [0.1, 0.15) is 61.6 Å². The quantitative estimate of drug-likeness (QED) is 0.614. The van der Waals surface area contributed by atoms with Crippen molar-refractivity contribution >= 4 is 23.9 Å². The normalized spacial score (nSPS) is 21.5. The molecule has 1 amide bonds. The summed E-state index contributed by atoms with van der Waals surface area (Å²) in [5, 5.41) is 12.9. The number of hydrogen-bond donors (Lipinski definition) is 3. The predicted octanol–water partition coefficient (Wildman–Crippen LogP) is 2.61. The van der Waals surface area contributed by atoms with Crippen LogP contribution in [-0.2, 0) is 9.59 Å². The molecule has 3 heterocycles. The fraction of sp³-hybridized carbons (Fsp3) is 0.542. The third-order valence-corrected chi connectivity index (χ3v) is 7.06. The number of carboxylic acid groups (broad SMARTS) is 1. The largest absolute Gasteiger partial charge is 0.483 e. The number of nitrogens with one attached hydrogen (secondary N) is 2. The summed E-state index contributed by atoms with van der Waals surface area (Å²) in [6, 6.07) is 8.74. The number of benzene rings is 1. The summed E-state index contributed by atoms with van der Waals surface area (Å²) in [7, 11) is 2.16. The van der Waals surface area contributed by atoms with E-state index in [1.165, 1.54) is 24.9 Å². The average molecular weight is 456 g/mol. The molecule has 3 N–H and O–H groups in total. The SMILES string of the molecule is CN1CCN(c2ccc(C3CC(=O)Nc4c3c(=O)[nH]n4C3CCCCC3)cc2)CC1.O=CO. The number of fused-ring (bicyclic) bond motifs is 1. The van der Waals surface area contributed by atoms with Crippen molar-refractivity contribution in [1.29, 1.82) is 0 Å². The van der Waals surface area contributed by atoms with Crippen molar-refractivity contribution in [2.75, 3.05) is 43.4 Å². The molecule has 3 aliphatic rings. The van der Waals surface area contributed by atoms with Crippen molar-refractivity contribution < 1.29 is 14.7 Å². The Morgan fingerprint density at radius 3 is 2.27 bits per heavy atom. The number of hydrogen-bond acceptors (Lipinski definition) is 5. The zero-order valence-electron chi connectivity index (χ0n) is 19.1. The van der Waals surface area contributed by atoms with Crippen LogP contribution in [0.15, 0.2) is 29.1 Å². The van der Waals surface area contributed by atoms with E-state index in [2.05, 4.69) is 51.5 Å². The van der Waals surface area contributed by atoms with E-state index < -0.39 is 0 Å². The fourth-order valence-electron chi connectivity index (χ4n) is 5.26. The topological polar surface area (TPSA) is 111 Å². The lowest BCUT2D eigenvalue weighted by Crippen LogP contribution is -2.44. The van der Waals surface area contributed by atoms with E-state index >= 15 is 0 Å². The Bertz CT molecular complexity index is 1010. The Morgan fingerprint density at radius 2 is 1.64 bits per heavy atom. The van der Waals surface area contributed by atoms with Gasteiger partial charge in [0.05, 0.1) is 11.6 Å². The highest BCUT2D eigenvalue weighted by Gasteiger charge is 2.34. The molecule has 0 bridgehead atoms. The van der Waals surface area contributed by atoms with Crippen LogP contribution in [0.2, 0.25) is 0 Å². The Morgan fingerprint density at radius 1 is 1.00 bits per heavy atom. The van der Waals surface area contributed by atoms with E-state index in [4.69, 9.17) is 9.90 Å². The Hall–Kier alpha value is -3.07. The predicted molar refractivity (Wildman–Crippen MR) is 127 cm³/mol.